The van der Waals surface area contributed by atoms with E-state index < -0.39 is 6.10 Å². The lowest BCUT2D eigenvalue weighted by Crippen LogP contribution is -2.04. The number of hydrogen-bond acceptors (Lipinski definition) is 2. The van der Waals surface area contributed by atoms with Crippen molar-refractivity contribution in [3.63, 3.8) is 0 Å². The summed E-state index contributed by atoms with van der Waals surface area (Å²) in [5, 5.41) is 9.97. The Labute approximate surface area is 101 Å². The fourth-order valence-electron chi connectivity index (χ4n) is 1.50. The third kappa shape index (κ3) is 2.31. The molecule has 0 saturated heterocycles. The van der Waals surface area contributed by atoms with Crippen LogP contribution in [0.25, 0.3) is 0 Å². The Morgan fingerprint density at radius 2 is 2.27 bits per heavy atom. The lowest BCUT2D eigenvalue weighted by atomic mass is 10.1. The SMILES string of the molecule is OC(C1=CCCO1)c1ccc(F)cc1I. The topological polar surface area (TPSA) is 29.5 Å². The molecule has 15 heavy (non-hydrogen) atoms. The minimum atomic E-state index is -0.778. The fourth-order valence-corrected chi connectivity index (χ4v) is 2.28. The Bertz CT molecular complexity index is 404. The van der Waals surface area contributed by atoms with Gasteiger partial charge >= 0.3 is 0 Å². The van der Waals surface area contributed by atoms with Gasteiger partial charge in [-0.05, 0) is 40.8 Å². The van der Waals surface area contributed by atoms with Gasteiger partial charge < -0.3 is 9.84 Å². The summed E-state index contributed by atoms with van der Waals surface area (Å²) in [7, 11) is 0. The maximum absolute atomic E-state index is 12.9. The molecule has 0 aromatic heterocycles. The molecule has 80 valence electrons. The number of aliphatic hydroxyl groups excluding tert-OH is 1. The van der Waals surface area contributed by atoms with Crippen molar-refractivity contribution in [2.75, 3.05) is 6.61 Å². The Balaban J connectivity index is 2.28. The number of ether oxygens (including phenoxy) is 1. The summed E-state index contributed by atoms with van der Waals surface area (Å²) in [6, 6.07) is 4.33. The second kappa shape index (κ2) is 4.49. The van der Waals surface area contributed by atoms with E-state index in [1.54, 1.807) is 6.07 Å². The van der Waals surface area contributed by atoms with Crippen LogP contribution in [0.15, 0.2) is 30.0 Å². The van der Waals surface area contributed by atoms with Crippen LogP contribution < -0.4 is 0 Å². The molecule has 0 fully saturated rings. The quantitative estimate of drug-likeness (QED) is 0.849. The fraction of sp³-hybridized carbons (Fsp3) is 0.273. The predicted molar refractivity (Wildman–Crippen MR) is 62.7 cm³/mol. The molecule has 1 aliphatic rings. The van der Waals surface area contributed by atoms with E-state index in [1.807, 2.05) is 28.7 Å². The van der Waals surface area contributed by atoms with Gasteiger partial charge in [-0.25, -0.2) is 4.39 Å². The second-order valence-electron chi connectivity index (χ2n) is 3.31. The van der Waals surface area contributed by atoms with Gasteiger partial charge in [0.25, 0.3) is 0 Å². The maximum Gasteiger partial charge on any atom is 0.137 e. The van der Waals surface area contributed by atoms with Crippen molar-refractivity contribution in [3.05, 3.63) is 45.0 Å². The average Bonchev–Trinajstić information content (AvgIpc) is 2.69. The van der Waals surface area contributed by atoms with Crippen LogP contribution >= 0.6 is 22.6 Å². The maximum atomic E-state index is 12.9. The van der Waals surface area contributed by atoms with E-state index >= 15 is 0 Å². The normalized spacial score (nSPS) is 17.1. The van der Waals surface area contributed by atoms with Crippen molar-refractivity contribution in [2.45, 2.75) is 12.5 Å². The van der Waals surface area contributed by atoms with Crippen LogP contribution in [0.1, 0.15) is 18.1 Å². The molecule has 1 aromatic carbocycles. The first-order chi connectivity index (χ1) is 7.18. The van der Waals surface area contributed by atoms with Gasteiger partial charge in [0, 0.05) is 15.6 Å². The van der Waals surface area contributed by atoms with Gasteiger partial charge in [-0.15, -0.1) is 0 Å². The molecular formula is C11H10FIO2. The smallest absolute Gasteiger partial charge is 0.137 e. The molecule has 1 N–H and O–H groups in total. The second-order valence-corrected chi connectivity index (χ2v) is 4.47. The first kappa shape index (κ1) is 10.9. The van der Waals surface area contributed by atoms with E-state index in [0.29, 0.717) is 21.5 Å². The van der Waals surface area contributed by atoms with Gasteiger partial charge in [-0.2, -0.15) is 0 Å². The molecule has 1 aliphatic heterocycles. The summed E-state index contributed by atoms with van der Waals surface area (Å²) < 4.78 is 18.8. The average molecular weight is 320 g/mol. The molecule has 1 unspecified atom stereocenters. The highest BCUT2D eigenvalue weighted by Crippen LogP contribution is 2.29. The summed E-state index contributed by atoms with van der Waals surface area (Å²) in [6.45, 7) is 0.615. The summed E-state index contributed by atoms with van der Waals surface area (Å²) >= 11 is 2.00. The van der Waals surface area contributed by atoms with Crippen molar-refractivity contribution in [1.82, 2.24) is 0 Å². The number of rotatable bonds is 2. The van der Waals surface area contributed by atoms with Crippen molar-refractivity contribution >= 4 is 22.6 Å². The molecule has 4 heteroatoms. The largest absolute Gasteiger partial charge is 0.495 e. The van der Waals surface area contributed by atoms with Crippen molar-refractivity contribution in [2.24, 2.45) is 0 Å². The highest BCUT2D eigenvalue weighted by Gasteiger charge is 2.20. The van der Waals surface area contributed by atoms with E-state index in [1.165, 1.54) is 12.1 Å². The first-order valence-electron chi connectivity index (χ1n) is 4.64. The van der Waals surface area contributed by atoms with E-state index in [4.69, 9.17) is 4.74 Å². The van der Waals surface area contributed by atoms with Gasteiger partial charge in [0.1, 0.15) is 17.7 Å². The lowest BCUT2D eigenvalue weighted by molar-refractivity contribution is 0.118. The molecule has 0 bridgehead atoms. The number of hydrogen-bond donors (Lipinski definition) is 1. The Kier molecular flexibility index (Phi) is 3.25. The van der Waals surface area contributed by atoms with Crippen LogP contribution in [0.3, 0.4) is 0 Å². The van der Waals surface area contributed by atoms with Crippen LogP contribution in [-0.2, 0) is 4.74 Å². The molecule has 0 saturated carbocycles. The molecule has 0 radical (unpaired) electrons. The molecule has 0 spiro atoms. The van der Waals surface area contributed by atoms with Gasteiger partial charge in [-0.3, -0.25) is 0 Å². The van der Waals surface area contributed by atoms with Crippen molar-refractivity contribution in [3.8, 4) is 0 Å². The third-order valence-electron chi connectivity index (χ3n) is 2.26. The van der Waals surface area contributed by atoms with Gasteiger partial charge in [0.2, 0.25) is 0 Å². The highest BCUT2D eigenvalue weighted by molar-refractivity contribution is 14.1. The minimum absolute atomic E-state index is 0.295. The Morgan fingerprint density at radius 3 is 2.87 bits per heavy atom. The van der Waals surface area contributed by atoms with Crippen molar-refractivity contribution in [1.29, 1.82) is 0 Å². The standard InChI is InChI=1S/C11H10FIO2/c12-7-3-4-8(9(13)6-7)11(14)10-2-1-5-15-10/h2-4,6,11,14H,1,5H2. The van der Waals surface area contributed by atoms with E-state index in [-0.39, 0.29) is 5.82 Å². The van der Waals surface area contributed by atoms with E-state index in [9.17, 15) is 9.50 Å². The number of aliphatic hydroxyl groups is 1. The van der Waals surface area contributed by atoms with Crippen LogP contribution in [0, 0.1) is 9.39 Å². The van der Waals surface area contributed by atoms with Crippen molar-refractivity contribution < 1.29 is 14.2 Å². The molecule has 0 aliphatic carbocycles. The summed E-state index contributed by atoms with van der Waals surface area (Å²) in [5.74, 6) is 0.274. The molecular weight excluding hydrogens is 310 g/mol. The first-order valence-corrected chi connectivity index (χ1v) is 5.72. The zero-order valence-corrected chi connectivity index (χ0v) is 10.1. The van der Waals surface area contributed by atoms with Gasteiger partial charge in [-0.1, -0.05) is 6.07 Å². The van der Waals surface area contributed by atoms with Crippen LogP contribution in [0.2, 0.25) is 0 Å². The Morgan fingerprint density at radius 1 is 1.47 bits per heavy atom. The van der Waals surface area contributed by atoms with Crippen LogP contribution in [0.4, 0.5) is 4.39 Å². The highest BCUT2D eigenvalue weighted by atomic mass is 127. The summed E-state index contributed by atoms with van der Waals surface area (Å²) in [4.78, 5) is 0. The number of halogens is 2. The predicted octanol–water partition coefficient (Wildman–Crippen LogP) is 2.77. The molecule has 1 aromatic rings. The van der Waals surface area contributed by atoms with E-state index in [2.05, 4.69) is 0 Å². The molecule has 0 amide bonds. The van der Waals surface area contributed by atoms with Crippen LogP contribution in [-0.4, -0.2) is 11.7 Å². The Hall–Kier alpha value is -0.620. The molecule has 2 nitrogen and oxygen atoms in total. The molecule has 1 heterocycles. The van der Waals surface area contributed by atoms with Gasteiger partial charge in [0.05, 0.1) is 6.61 Å². The number of benzene rings is 1. The monoisotopic (exact) mass is 320 g/mol. The minimum Gasteiger partial charge on any atom is -0.495 e. The molecule has 2 rings (SSSR count). The summed E-state index contributed by atoms with van der Waals surface area (Å²) in [5.41, 5.74) is 0.685. The van der Waals surface area contributed by atoms with Crippen LogP contribution in [0.5, 0.6) is 0 Å². The summed E-state index contributed by atoms with van der Waals surface area (Å²) in [6.07, 6.45) is 1.91. The zero-order valence-electron chi connectivity index (χ0n) is 7.91. The third-order valence-corrected chi connectivity index (χ3v) is 3.19. The van der Waals surface area contributed by atoms with Gasteiger partial charge in [0.15, 0.2) is 0 Å². The lowest BCUT2D eigenvalue weighted by Gasteiger charge is -2.14. The zero-order chi connectivity index (χ0) is 10.8. The molecule has 1 atom stereocenters. The van der Waals surface area contributed by atoms with E-state index in [0.717, 1.165) is 6.42 Å².